The molecule has 0 bridgehead atoms. The van der Waals surface area contributed by atoms with Gasteiger partial charge in [-0.3, -0.25) is 4.79 Å². The Morgan fingerprint density at radius 3 is 2.50 bits per heavy atom. The van der Waals surface area contributed by atoms with Crippen molar-refractivity contribution in [1.29, 1.82) is 0 Å². The molecular formula is C28H27N5O3. The van der Waals surface area contributed by atoms with E-state index in [2.05, 4.69) is 5.32 Å². The number of rotatable bonds is 8. The summed E-state index contributed by atoms with van der Waals surface area (Å²) >= 11 is 0. The number of hydrogen-bond donors (Lipinski definition) is 2. The van der Waals surface area contributed by atoms with Gasteiger partial charge in [0.1, 0.15) is 24.1 Å². The molecule has 1 aromatic heterocycles. The number of carbonyl (C=O) groups excluding carboxylic acids is 1. The molecule has 0 radical (unpaired) electrons. The highest BCUT2D eigenvalue weighted by Gasteiger charge is 2.33. The number of nitrogens with one attached hydrogen (secondary N) is 1. The summed E-state index contributed by atoms with van der Waals surface area (Å²) in [6, 6.07) is 24.6. The van der Waals surface area contributed by atoms with Crippen molar-refractivity contribution in [3.05, 3.63) is 101 Å². The minimum atomic E-state index is -0.553. The van der Waals surface area contributed by atoms with E-state index >= 15 is 0 Å². The maximum Gasteiger partial charge on any atom is 0.248 e. The zero-order valence-corrected chi connectivity index (χ0v) is 20.1. The summed E-state index contributed by atoms with van der Waals surface area (Å²) in [5, 5.41) is 7.95. The molecule has 0 saturated heterocycles. The number of allylic oxidation sites excluding steroid dienone is 1. The van der Waals surface area contributed by atoms with E-state index in [1.54, 1.807) is 4.68 Å². The predicted molar refractivity (Wildman–Crippen MR) is 137 cm³/mol. The standard InChI is InChI=1S/C28H27N5O3/c1-3-35-22-14-12-20(13-15-22)27-31-28-30-18(2)24(26(29)34)25(33(28)32-27)21-10-7-11-23(16-21)36-17-19-8-5-4-6-9-19/h4-16,25H,3,17H2,1-2H3,(H2,29,34)(H,30,31,32). The lowest BCUT2D eigenvalue weighted by Crippen LogP contribution is -2.31. The first-order valence-electron chi connectivity index (χ1n) is 11.8. The fourth-order valence-corrected chi connectivity index (χ4v) is 4.28. The number of anilines is 1. The summed E-state index contributed by atoms with van der Waals surface area (Å²) in [7, 11) is 0. The fraction of sp³-hybridized carbons (Fsp3) is 0.179. The number of hydrogen-bond acceptors (Lipinski definition) is 6. The monoisotopic (exact) mass is 481 g/mol. The van der Waals surface area contributed by atoms with Crippen LogP contribution in [0.15, 0.2) is 90.1 Å². The highest BCUT2D eigenvalue weighted by atomic mass is 16.5. The molecule has 1 unspecified atom stereocenters. The first-order chi connectivity index (χ1) is 17.5. The van der Waals surface area contributed by atoms with Gasteiger partial charge in [0.15, 0.2) is 5.82 Å². The molecule has 0 aliphatic carbocycles. The number of ether oxygens (including phenoxy) is 2. The molecule has 1 atom stereocenters. The zero-order chi connectivity index (χ0) is 25.1. The van der Waals surface area contributed by atoms with E-state index in [9.17, 15) is 4.79 Å². The molecule has 1 amide bonds. The van der Waals surface area contributed by atoms with Crippen LogP contribution < -0.4 is 20.5 Å². The second-order valence-corrected chi connectivity index (χ2v) is 8.44. The van der Waals surface area contributed by atoms with Crippen LogP contribution in [0.4, 0.5) is 5.95 Å². The lowest BCUT2D eigenvalue weighted by atomic mass is 9.95. The highest BCUT2D eigenvalue weighted by molar-refractivity contribution is 5.95. The molecule has 4 aromatic rings. The summed E-state index contributed by atoms with van der Waals surface area (Å²) in [4.78, 5) is 17.2. The number of nitrogens with two attached hydrogens (primary N) is 1. The van der Waals surface area contributed by atoms with Gasteiger partial charge in [0, 0.05) is 11.3 Å². The Bertz CT molecular complexity index is 1410. The van der Waals surface area contributed by atoms with Crippen molar-refractivity contribution in [2.24, 2.45) is 5.73 Å². The van der Waals surface area contributed by atoms with Gasteiger partial charge in [0.05, 0.1) is 12.2 Å². The number of carbonyl (C=O) groups is 1. The number of fused-ring (bicyclic) bond motifs is 1. The van der Waals surface area contributed by atoms with Gasteiger partial charge in [-0.25, -0.2) is 4.68 Å². The Kier molecular flexibility index (Phi) is 6.40. The van der Waals surface area contributed by atoms with E-state index in [1.807, 2.05) is 92.7 Å². The maximum absolute atomic E-state index is 12.5. The molecule has 0 fully saturated rings. The van der Waals surface area contributed by atoms with Gasteiger partial charge < -0.3 is 20.5 Å². The second-order valence-electron chi connectivity index (χ2n) is 8.44. The normalized spacial score (nSPS) is 14.7. The van der Waals surface area contributed by atoms with E-state index in [4.69, 9.17) is 25.3 Å². The van der Waals surface area contributed by atoms with E-state index in [0.717, 1.165) is 22.4 Å². The highest BCUT2D eigenvalue weighted by Crippen LogP contribution is 2.37. The van der Waals surface area contributed by atoms with E-state index in [-0.39, 0.29) is 0 Å². The summed E-state index contributed by atoms with van der Waals surface area (Å²) in [6.45, 7) is 4.79. The summed E-state index contributed by atoms with van der Waals surface area (Å²) < 4.78 is 13.3. The average Bonchev–Trinajstić information content (AvgIpc) is 3.31. The van der Waals surface area contributed by atoms with Crippen LogP contribution in [0, 0.1) is 0 Å². The smallest absolute Gasteiger partial charge is 0.248 e. The minimum absolute atomic E-state index is 0.422. The van der Waals surface area contributed by atoms with Crippen LogP contribution in [0.3, 0.4) is 0 Å². The van der Waals surface area contributed by atoms with Gasteiger partial charge in [-0.15, -0.1) is 5.10 Å². The number of benzene rings is 3. The Morgan fingerprint density at radius 2 is 1.78 bits per heavy atom. The van der Waals surface area contributed by atoms with Crippen LogP contribution in [-0.4, -0.2) is 27.3 Å². The lowest BCUT2D eigenvalue weighted by Gasteiger charge is -2.27. The summed E-state index contributed by atoms with van der Waals surface area (Å²) in [6.07, 6.45) is 0. The van der Waals surface area contributed by atoms with Gasteiger partial charge in [0.2, 0.25) is 11.9 Å². The molecule has 36 heavy (non-hydrogen) atoms. The molecule has 1 aliphatic rings. The van der Waals surface area contributed by atoms with Gasteiger partial charge in [-0.05, 0) is 61.4 Å². The van der Waals surface area contributed by atoms with E-state index in [1.165, 1.54) is 0 Å². The third kappa shape index (κ3) is 4.65. The molecule has 2 heterocycles. The second kappa shape index (κ2) is 9.95. The molecule has 0 saturated carbocycles. The van der Waals surface area contributed by atoms with Crippen LogP contribution in [0.5, 0.6) is 11.5 Å². The number of aromatic nitrogens is 3. The molecular weight excluding hydrogens is 454 g/mol. The van der Waals surface area contributed by atoms with Crippen molar-refractivity contribution in [3.8, 4) is 22.9 Å². The molecule has 182 valence electrons. The zero-order valence-electron chi connectivity index (χ0n) is 20.1. The third-order valence-corrected chi connectivity index (χ3v) is 5.96. The third-order valence-electron chi connectivity index (χ3n) is 5.96. The van der Waals surface area contributed by atoms with Gasteiger partial charge in [-0.2, -0.15) is 4.98 Å². The Hall–Kier alpha value is -4.59. The first-order valence-corrected chi connectivity index (χ1v) is 11.8. The van der Waals surface area contributed by atoms with Crippen LogP contribution in [0.1, 0.15) is 31.0 Å². The number of primary amides is 1. The largest absolute Gasteiger partial charge is 0.494 e. The first kappa shape index (κ1) is 23.2. The molecule has 3 N–H and O–H groups in total. The van der Waals surface area contributed by atoms with Gasteiger partial charge >= 0.3 is 0 Å². The topological polar surface area (TPSA) is 104 Å². The van der Waals surface area contributed by atoms with Crippen LogP contribution >= 0.6 is 0 Å². The fourth-order valence-electron chi connectivity index (χ4n) is 4.28. The van der Waals surface area contributed by atoms with Crippen molar-refractivity contribution in [2.75, 3.05) is 11.9 Å². The molecule has 0 spiro atoms. The Balaban J connectivity index is 1.50. The summed E-state index contributed by atoms with van der Waals surface area (Å²) in [5.74, 6) is 2.00. The number of amides is 1. The molecule has 8 heteroatoms. The lowest BCUT2D eigenvalue weighted by molar-refractivity contribution is -0.115. The van der Waals surface area contributed by atoms with Crippen LogP contribution in [0.25, 0.3) is 11.4 Å². The molecule has 3 aromatic carbocycles. The van der Waals surface area contributed by atoms with Crippen molar-refractivity contribution >= 4 is 11.9 Å². The minimum Gasteiger partial charge on any atom is -0.494 e. The van der Waals surface area contributed by atoms with Crippen molar-refractivity contribution in [1.82, 2.24) is 14.8 Å². The summed E-state index contributed by atoms with van der Waals surface area (Å²) in [5.41, 5.74) is 9.62. The molecule has 1 aliphatic heterocycles. The Labute approximate surface area is 209 Å². The molecule has 8 nitrogen and oxygen atoms in total. The number of nitrogens with zero attached hydrogens (tertiary/aromatic N) is 3. The quantitative estimate of drug-likeness (QED) is 0.378. The van der Waals surface area contributed by atoms with Crippen molar-refractivity contribution in [3.63, 3.8) is 0 Å². The van der Waals surface area contributed by atoms with Crippen molar-refractivity contribution in [2.45, 2.75) is 26.5 Å². The van der Waals surface area contributed by atoms with Crippen molar-refractivity contribution < 1.29 is 14.3 Å². The van der Waals surface area contributed by atoms with E-state index < -0.39 is 11.9 Å². The SMILES string of the molecule is CCOc1ccc(-c2nc3n(n2)C(c2cccc(OCc4ccccc4)c2)C(C(N)=O)=C(C)N3)cc1. The maximum atomic E-state index is 12.5. The van der Waals surface area contributed by atoms with Gasteiger partial charge in [-0.1, -0.05) is 42.5 Å². The van der Waals surface area contributed by atoms with Crippen LogP contribution in [-0.2, 0) is 11.4 Å². The predicted octanol–water partition coefficient (Wildman–Crippen LogP) is 4.70. The van der Waals surface area contributed by atoms with E-state index in [0.29, 0.717) is 42.0 Å². The average molecular weight is 482 g/mol. The van der Waals surface area contributed by atoms with Gasteiger partial charge in [0.25, 0.3) is 0 Å². The molecule has 5 rings (SSSR count). The Morgan fingerprint density at radius 1 is 1.00 bits per heavy atom. The van der Waals surface area contributed by atoms with Crippen LogP contribution in [0.2, 0.25) is 0 Å².